The smallest absolute Gasteiger partial charge is 0.277 e. The minimum atomic E-state index is -0.356. The Hall–Kier alpha value is -2.77. The molecule has 0 radical (unpaired) electrons. The number of aromatic nitrogens is 2. The lowest BCUT2D eigenvalue weighted by Gasteiger charge is -2.13. The van der Waals surface area contributed by atoms with Gasteiger partial charge in [-0.3, -0.25) is 4.79 Å². The number of nitrogens with one attached hydrogen (secondary N) is 1. The second-order valence-corrected chi connectivity index (χ2v) is 11.4. The summed E-state index contributed by atoms with van der Waals surface area (Å²) in [5, 5.41) is 12.9. The van der Waals surface area contributed by atoms with Crippen molar-refractivity contribution >= 4 is 78.9 Å². The number of benzene rings is 3. The van der Waals surface area contributed by atoms with Crippen LogP contribution in [0.1, 0.15) is 17.0 Å². The quantitative estimate of drug-likeness (QED) is 0.0919. The lowest BCUT2D eigenvalue weighted by atomic mass is 10.2. The van der Waals surface area contributed by atoms with Gasteiger partial charge in [0.2, 0.25) is 0 Å². The molecule has 0 bridgehead atoms. The largest absolute Gasteiger partial charge is 0.493 e. The Balaban J connectivity index is 1.25. The number of carbonyl (C=O) groups excluding carboxylic acids is 1. The molecule has 14 heteroatoms. The molecule has 0 unspecified atom stereocenters. The Morgan fingerprint density at radius 1 is 1.05 bits per heavy atom. The third kappa shape index (κ3) is 8.87. The van der Waals surface area contributed by atoms with E-state index in [4.69, 9.17) is 41.8 Å². The van der Waals surface area contributed by atoms with E-state index >= 15 is 0 Å². The third-order valence-corrected chi connectivity index (χ3v) is 7.44. The van der Waals surface area contributed by atoms with Crippen molar-refractivity contribution in [3.05, 3.63) is 90.6 Å². The van der Waals surface area contributed by atoms with Gasteiger partial charge < -0.3 is 18.6 Å². The van der Waals surface area contributed by atoms with Gasteiger partial charge >= 0.3 is 0 Å². The average Bonchev–Trinajstić information content (AvgIpc) is 3.39. The van der Waals surface area contributed by atoms with Gasteiger partial charge in [-0.25, -0.2) is 5.43 Å². The van der Waals surface area contributed by atoms with Crippen LogP contribution in [0.4, 0.5) is 0 Å². The van der Waals surface area contributed by atoms with Crippen LogP contribution in [0.15, 0.2) is 78.3 Å². The van der Waals surface area contributed by atoms with Gasteiger partial charge in [0.1, 0.15) is 12.4 Å². The molecule has 4 aromatic rings. The number of methoxy groups -OCH3 is 1. The zero-order valence-corrected chi connectivity index (χ0v) is 26.2. The molecule has 0 aliphatic rings. The van der Waals surface area contributed by atoms with Crippen LogP contribution < -0.4 is 19.6 Å². The molecule has 4 rings (SSSR count). The molecule has 1 N–H and O–H groups in total. The molecule has 1 heterocycles. The highest BCUT2D eigenvalue weighted by atomic mass is 79.9. The van der Waals surface area contributed by atoms with Crippen LogP contribution >= 0.6 is 66.8 Å². The summed E-state index contributed by atoms with van der Waals surface area (Å²) >= 11 is 20.0. The standard InChI is InChI=1S/C26H20Br2Cl2N4O5S/c1-36-22-9-16(8-19(28)25(22)38-12-15-2-4-17(27)5-3-15)11-31-32-23(35)14-40-26-34-33-24(39-26)13-37-21-7-6-18(29)10-20(21)30/h2-11H,12-14H2,1H3,(H,32,35)/b31-11-. The van der Waals surface area contributed by atoms with Crippen molar-refractivity contribution in [3.8, 4) is 17.2 Å². The van der Waals surface area contributed by atoms with E-state index in [9.17, 15) is 4.79 Å². The van der Waals surface area contributed by atoms with Gasteiger partial charge in [0.25, 0.3) is 17.0 Å². The number of thioether (sulfide) groups is 1. The average molecular weight is 731 g/mol. The monoisotopic (exact) mass is 728 g/mol. The summed E-state index contributed by atoms with van der Waals surface area (Å²) in [5.41, 5.74) is 4.17. The highest BCUT2D eigenvalue weighted by Gasteiger charge is 2.13. The van der Waals surface area contributed by atoms with E-state index in [0.29, 0.717) is 43.9 Å². The van der Waals surface area contributed by atoms with Gasteiger partial charge in [0.05, 0.1) is 28.6 Å². The minimum Gasteiger partial charge on any atom is -0.493 e. The maximum absolute atomic E-state index is 12.2. The van der Waals surface area contributed by atoms with Crippen LogP contribution in [0.5, 0.6) is 17.2 Å². The van der Waals surface area contributed by atoms with Gasteiger partial charge in [0.15, 0.2) is 18.1 Å². The van der Waals surface area contributed by atoms with Crippen LogP contribution in [-0.2, 0) is 18.0 Å². The number of hydrogen-bond donors (Lipinski definition) is 1. The fourth-order valence-electron chi connectivity index (χ4n) is 3.12. The van der Waals surface area contributed by atoms with Crippen LogP contribution in [0.2, 0.25) is 10.0 Å². The first-order valence-corrected chi connectivity index (χ1v) is 14.7. The topological polar surface area (TPSA) is 108 Å². The van der Waals surface area contributed by atoms with E-state index in [-0.39, 0.29) is 29.4 Å². The van der Waals surface area contributed by atoms with Gasteiger partial charge in [-0.2, -0.15) is 5.10 Å². The molecular formula is C26H20Br2Cl2N4O5S. The lowest BCUT2D eigenvalue weighted by Crippen LogP contribution is -2.19. The molecule has 0 aliphatic heterocycles. The SMILES string of the molecule is COc1cc(/C=N\NC(=O)CSc2nnc(COc3ccc(Cl)cc3Cl)o2)cc(Br)c1OCc1ccc(Br)cc1. The Labute approximate surface area is 260 Å². The van der Waals surface area contributed by atoms with E-state index in [1.165, 1.54) is 6.21 Å². The second-order valence-electron chi connectivity index (χ2n) is 7.86. The number of hydrazone groups is 1. The second kappa shape index (κ2) is 14.7. The van der Waals surface area contributed by atoms with Gasteiger partial charge in [-0.15, -0.1) is 10.2 Å². The number of amides is 1. The Bertz CT molecular complexity index is 1510. The molecule has 1 aromatic heterocycles. The first-order valence-electron chi connectivity index (χ1n) is 11.4. The summed E-state index contributed by atoms with van der Waals surface area (Å²) in [4.78, 5) is 12.2. The zero-order valence-electron chi connectivity index (χ0n) is 20.7. The lowest BCUT2D eigenvalue weighted by molar-refractivity contribution is -0.118. The van der Waals surface area contributed by atoms with Gasteiger partial charge in [-0.1, -0.05) is 63.0 Å². The van der Waals surface area contributed by atoms with E-state index in [0.717, 1.165) is 21.8 Å². The predicted octanol–water partition coefficient (Wildman–Crippen LogP) is 7.31. The number of carbonyl (C=O) groups is 1. The maximum Gasteiger partial charge on any atom is 0.277 e. The first kappa shape index (κ1) is 30.2. The molecule has 9 nitrogen and oxygen atoms in total. The Morgan fingerprint density at radius 2 is 1.85 bits per heavy atom. The summed E-state index contributed by atoms with van der Waals surface area (Å²) in [6.45, 7) is 0.382. The van der Waals surface area contributed by atoms with Crippen LogP contribution in [0.3, 0.4) is 0 Å². The number of nitrogens with zero attached hydrogens (tertiary/aromatic N) is 3. The molecule has 0 saturated carbocycles. The normalized spacial score (nSPS) is 11.0. The number of rotatable bonds is 12. The highest BCUT2D eigenvalue weighted by Crippen LogP contribution is 2.37. The van der Waals surface area contributed by atoms with E-state index in [2.05, 4.69) is 52.6 Å². The number of hydrogen-bond acceptors (Lipinski definition) is 9. The van der Waals surface area contributed by atoms with Gasteiger partial charge in [0, 0.05) is 9.50 Å². The third-order valence-electron chi connectivity index (χ3n) is 4.97. The van der Waals surface area contributed by atoms with Crippen molar-refractivity contribution in [1.82, 2.24) is 15.6 Å². The maximum atomic E-state index is 12.2. The van der Waals surface area contributed by atoms with Crippen molar-refractivity contribution in [2.75, 3.05) is 12.9 Å². The zero-order chi connectivity index (χ0) is 28.5. The van der Waals surface area contributed by atoms with Crippen molar-refractivity contribution in [3.63, 3.8) is 0 Å². The highest BCUT2D eigenvalue weighted by molar-refractivity contribution is 9.10. The summed E-state index contributed by atoms with van der Waals surface area (Å²) in [7, 11) is 1.55. The van der Waals surface area contributed by atoms with Crippen LogP contribution in [0, 0.1) is 0 Å². The molecule has 1 amide bonds. The molecule has 208 valence electrons. The van der Waals surface area contributed by atoms with Crippen molar-refractivity contribution in [2.24, 2.45) is 5.10 Å². The molecule has 40 heavy (non-hydrogen) atoms. The Morgan fingerprint density at radius 3 is 2.60 bits per heavy atom. The van der Waals surface area contributed by atoms with E-state index < -0.39 is 0 Å². The van der Waals surface area contributed by atoms with Gasteiger partial charge in [-0.05, 0) is 69.5 Å². The van der Waals surface area contributed by atoms with E-state index in [1.807, 2.05) is 30.3 Å². The molecule has 0 spiro atoms. The minimum absolute atomic E-state index is 0.0124. The van der Waals surface area contributed by atoms with Crippen molar-refractivity contribution in [1.29, 1.82) is 0 Å². The molecule has 0 atom stereocenters. The Kier molecular flexibility index (Phi) is 11.1. The summed E-state index contributed by atoms with van der Waals surface area (Å²) in [5.74, 6) is 1.40. The first-order chi connectivity index (χ1) is 19.3. The van der Waals surface area contributed by atoms with Crippen LogP contribution in [0.25, 0.3) is 0 Å². The van der Waals surface area contributed by atoms with E-state index in [1.54, 1.807) is 31.4 Å². The molecular weight excluding hydrogens is 711 g/mol. The molecule has 3 aromatic carbocycles. The molecule has 0 fully saturated rings. The molecule has 0 saturated heterocycles. The number of halogens is 4. The van der Waals surface area contributed by atoms with Crippen LogP contribution in [-0.4, -0.2) is 35.2 Å². The summed E-state index contributed by atoms with van der Waals surface area (Å²) in [6.07, 6.45) is 1.50. The molecule has 0 aliphatic carbocycles. The summed E-state index contributed by atoms with van der Waals surface area (Å²) in [6, 6.07) is 16.3. The fraction of sp³-hybridized carbons (Fsp3) is 0.154. The predicted molar refractivity (Wildman–Crippen MR) is 161 cm³/mol. The van der Waals surface area contributed by atoms with Crippen molar-refractivity contribution < 1.29 is 23.4 Å². The fourth-order valence-corrected chi connectivity index (χ4v) is 4.99. The number of ether oxygens (including phenoxy) is 3. The summed E-state index contributed by atoms with van der Waals surface area (Å²) < 4.78 is 24.2. The van der Waals surface area contributed by atoms with Crippen molar-refractivity contribution in [2.45, 2.75) is 18.4 Å².